The van der Waals surface area contributed by atoms with E-state index in [1.807, 2.05) is 0 Å². The lowest BCUT2D eigenvalue weighted by molar-refractivity contribution is 0.0996. The molecule has 0 saturated carbocycles. The third kappa shape index (κ3) is 3.36. The van der Waals surface area contributed by atoms with Crippen LogP contribution in [0.15, 0.2) is 42.5 Å². The molecule has 1 amide bonds. The van der Waals surface area contributed by atoms with Crippen molar-refractivity contribution in [2.24, 2.45) is 5.73 Å². The van der Waals surface area contributed by atoms with Gasteiger partial charge in [0.25, 0.3) is 5.91 Å². The Hall–Kier alpha value is -2.93. The average Bonchev–Trinajstić information content (AvgIpc) is 3.06. The number of nitrogens with zero attached hydrogens (tertiary/aromatic N) is 2. The van der Waals surface area contributed by atoms with E-state index in [0.717, 1.165) is 0 Å². The highest BCUT2D eigenvalue weighted by atomic mass is 35.5. The predicted octanol–water partition coefficient (Wildman–Crippen LogP) is 2.94. The van der Waals surface area contributed by atoms with Gasteiger partial charge in [-0.25, -0.2) is 4.39 Å². The van der Waals surface area contributed by atoms with Crippen LogP contribution in [0.2, 0.25) is 5.02 Å². The third-order valence-electron chi connectivity index (χ3n) is 3.28. The van der Waals surface area contributed by atoms with Crippen molar-refractivity contribution in [3.63, 3.8) is 0 Å². The number of carbonyl (C=O) groups excluding carboxylic acids is 1. The number of nitrogens with one attached hydrogen (secondary N) is 1. The van der Waals surface area contributed by atoms with Crippen LogP contribution in [0.3, 0.4) is 0 Å². The molecule has 3 N–H and O–H groups in total. The van der Waals surface area contributed by atoms with Gasteiger partial charge in [-0.15, -0.1) is 0 Å². The van der Waals surface area contributed by atoms with E-state index >= 15 is 0 Å². The van der Waals surface area contributed by atoms with Crippen LogP contribution < -0.4 is 10.5 Å². The zero-order chi connectivity index (χ0) is 17.1. The Morgan fingerprint density at radius 3 is 2.83 bits per heavy atom. The summed E-state index contributed by atoms with van der Waals surface area (Å²) >= 11 is 5.65. The number of H-pyrrole nitrogens is 1. The number of ether oxygens (including phenoxy) is 1. The minimum absolute atomic E-state index is 0.0481. The number of benzene rings is 2. The topological polar surface area (TPSA) is 93.9 Å². The number of halogens is 2. The molecule has 3 rings (SSSR count). The monoisotopic (exact) mass is 346 g/mol. The SMILES string of the molecule is NC(=O)c1n[nH]nc1-c1cccc(OCc2ccc(Cl)c(F)c2)c1. The molecule has 0 saturated heterocycles. The minimum atomic E-state index is -0.679. The maximum absolute atomic E-state index is 13.4. The lowest BCUT2D eigenvalue weighted by Gasteiger charge is -2.08. The smallest absolute Gasteiger partial charge is 0.271 e. The molecule has 0 atom stereocenters. The molecule has 0 unspecified atom stereocenters. The standard InChI is InChI=1S/C16H12ClFN4O2/c17-12-5-4-9(6-13(12)18)8-24-11-3-1-2-10(7-11)14-15(16(19)23)21-22-20-14/h1-7H,8H2,(H2,19,23)(H,20,21,22). The second-order valence-corrected chi connectivity index (χ2v) is 5.36. The molecule has 122 valence electrons. The van der Waals surface area contributed by atoms with Gasteiger partial charge in [0.05, 0.1) is 5.02 Å². The Bertz CT molecular complexity index is 897. The number of primary amides is 1. The summed E-state index contributed by atoms with van der Waals surface area (Å²) in [6.07, 6.45) is 0. The number of nitrogens with two attached hydrogens (primary N) is 1. The Morgan fingerprint density at radius 2 is 2.08 bits per heavy atom. The fourth-order valence-electron chi connectivity index (χ4n) is 2.13. The van der Waals surface area contributed by atoms with Crippen molar-refractivity contribution in [1.82, 2.24) is 15.4 Å². The van der Waals surface area contributed by atoms with Crippen molar-refractivity contribution in [2.75, 3.05) is 0 Å². The van der Waals surface area contributed by atoms with Gasteiger partial charge in [0, 0.05) is 5.56 Å². The average molecular weight is 347 g/mol. The van der Waals surface area contributed by atoms with Gasteiger partial charge in [0.1, 0.15) is 23.9 Å². The van der Waals surface area contributed by atoms with Crippen LogP contribution in [-0.4, -0.2) is 21.3 Å². The van der Waals surface area contributed by atoms with Gasteiger partial charge in [0.2, 0.25) is 0 Å². The highest BCUT2D eigenvalue weighted by Gasteiger charge is 2.15. The largest absolute Gasteiger partial charge is 0.489 e. The Balaban J connectivity index is 1.79. The second-order valence-electron chi connectivity index (χ2n) is 4.95. The number of hydrogen-bond donors (Lipinski definition) is 2. The fraction of sp³-hybridized carbons (Fsp3) is 0.0625. The van der Waals surface area contributed by atoms with E-state index < -0.39 is 11.7 Å². The fourth-order valence-corrected chi connectivity index (χ4v) is 2.25. The maximum Gasteiger partial charge on any atom is 0.271 e. The molecule has 0 bridgehead atoms. The molecule has 8 heteroatoms. The van der Waals surface area contributed by atoms with Crippen LogP contribution >= 0.6 is 11.6 Å². The van der Waals surface area contributed by atoms with E-state index in [1.165, 1.54) is 12.1 Å². The molecule has 0 aliphatic heterocycles. The summed E-state index contributed by atoms with van der Waals surface area (Å²) in [5.74, 6) is -0.650. The van der Waals surface area contributed by atoms with Crippen molar-refractivity contribution >= 4 is 17.5 Å². The zero-order valence-corrected chi connectivity index (χ0v) is 13.0. The Kier molecular flexibility index (Phi) is 4.43. The molecular weight excluding hydrogens is 335 g/mol. The van der Waals surface area contributed by atoms with Gasteiger partial charge in [-0.1, -0.05) is 29.8 Å². The quantitative estimate of drug-likeness (QED) is 0.742. The van der Waals surface area contributed by atoms with Crippen molar-refractivity contribution in [3.05, 3.63) is 64.6 Å². The van der Waals surface area contributed by atoms with Crippen LogP contribution in [-0.2, 0) is 6.61 Å². The molecule has 2 aromatic carbocycles. The maximum atomic E-state index is 13.4. The van der Waals surface area contributed by atoms with Gasteiger partial charge in [0.15, 0.2) is 5.69 Å². The van der Waals surface area contributed by atoms with Crippen molar-refractivity contribution in [3.8, 4) is 17.0 Å². The van der Waals surface area contributed by atoms with Crippen molar-refractivity contribution < 1.29 is 13.9 Å². The normalized spacial score (nSPS) is 10.6. The lowest BCUT2D eigenvalue weighted by Crippen LogP contribution is -2.12. The molecule has 1 heterocycles. The van der Waals surface area contributed by atoms with Gasteiger partial charge < -0.3 is 10.5 Å². The van der Waals surface area contributed by atoms with E-state index in [-0.39, 0.29) is 17.3 Å². The number of hydrogen-bond acceptors (Lipinski definition) is 4. The molecule has 1 aromatic heterocycles. The summed E-state index contributed by atoms with van der Waals surface area (Å²) in [5, 5.41) is 10.1. The van der Waals surface area contributed by atoms with E-state index in [4.69, 9.17) is 22.1 Å². The van der Waals surface area contributed by atoms with Crippen LogP contribution in [0.5, 0.6) is 5.75 Å². The highest BCUT2D eigenvalue weighted by Crippen LogP contribution is 2.25. The molecule has 0 radical (unpaired) electrons. The molecule has 24 heavy (non-hydrogen) atoms. The lowest BCUT2D eigenvalue weighted by atomic mass is 10.1. The first-order chi connectivity index (χ1) is 11.5. The molecule has 0 aliphatic carbocycles. The van der Waals surface area contributed by atoms with Crippen LogP contribution in [0.4, 0.5) is 4.39 Å². The zero-order valence-electron chi connectivity index (χ0n) is 12.3. The van der Waals surface area contributed by atoms with Crippen molar-refractivity contribution in [2.45, 2.75) is 6.61 Å². The summed E-state index contributed by atoms with van der Waals surface area (Å²) < 4.78 is 19.1. The number of rotatable bonds is 5. The van der Waals surface area contributed by atoms with Crippen LogP contribution in [0.25, 0.3) is 11.3 Å². The Morgan fingerprint density at radius 1 is 1.25 bits per heavy atom. The Labute approximate surface area is 141 Å². The molecular formula is C16H12ClFN4O2. The molecule has 0 aliphatic rings. The summed E-state index contributed by atoms with van der Waals surface area (Å²) in [6, 6.07) is 11.4. The second kappa shape index (κ2) is 6.67. The number of aromatic nitrogens is 3. The highest BCUT2D eigenvalue weighted by molar-refractivity contribution is 6.30. The van der Waals surface area contributed by atoms with E-state index in [9.17, 15) is 9.18 Å². The van der Waals surface area contributed by atoms with Gasteiger partial charge >= 0.3 is 0 Å². The first-order valence-electron chi connectivity index (χ1n) is 6.92. The summed E-state index contributed by atoms with van der Waals surface area (Å²) in [6.45, 7) is 0.166. The molecule has 6 nitrogen and oxygen atoms in total. The number of aromatic amines is 1. The van der Waals surface area contributed by atoms with Crippen LogP contribution in [0, 0.1) is 5.82 Å². The molecule has 0 fully saturated rings. The molecule has 3 aromatic rings. The van der Waals surface area contributed by atoms with Gasteiger partial charge in [-0.3, -0.25) is 4.79 Å². The first kappa shape index (κ1) is 15.9. The van der Waals surface area contributed by atoms with E-state index in [2.05, 4.69) is 15.4 Å². The number of amides is 1. The first-order valence-corrected chi connectivity index (χ1v) is 7.30. The summed E-state index contributed by atoms with van der Waals surface area (Å²) in [7, 11) is 0. The number of carbonyl (C=O) groups is 1. The summed E-state index contributed by atoms with van der Waals surface area (Å²) in [4.78, 5) is 11.3. The van der Waals surface area contributed by atoms with Gasteiger partial charge in [-0.2, -0.15) is 15.4 Å². The minimum Gasteiger partial charge on any atom is -0.489 e. The predicted molar refractivity (Wildman–Crippen MR) is 86.1 cm³/mol. The van der Waals surface area contributed by atoms with Crippen LogP contribution in [0.1, 0.15) is 16.1 Å². The molecule has 0 spiro atoms. The van der Waals surface area contributed by atoms with Gasteiger partial charge in [-0.05, 0) is 29.8 Å². The third-order valence-corrected chi connectivity index (χ3v) is 3.58. The van der Waals surface area contributed by atoms with E-state index in [1.54, 1.807) is 30.3 Å². The van der Waals surface area contributed by atoms with E-state index in [0.29, 0.717) is 22.6 Å². The summed E-state index contributed by atoms with van der Waals surface area (Å²) in [5.41, 5.74) is 6.91. The van der Waals surface area contributed by atoms with Crippen molar-refractivity contribution in [1.29, 1.82) is 0 Å².